The lowest BCUT2D eigenvalue weighted by atomic mass is 9.80. The van der Waals surface area contributed by atoms with Gasteiger partial charge in [0.05, 0.1) is 6.42 Å². The molecule has 32 heavy (non-hydrogen) atoms. The summed E-state index contributed by atoms with van der Waals surface area (Å²) in [6, 6.07) is 5.76. The van der Waals surface area contributed by atoms with Gasteiger partial charge >= 0.3 is 0 Å². The van der Waals surface area contributed by atoms with Crippen LogP contribution < -0.4 is 14.4 Å². The Balaban J connectivity index is 0.000000775. The fourth-order valence-electron chi connectivity index (χ4n) is 5.01. The van der Waals surface area contributed by atoms with E-state index in [0.29, 0.717) is 12.3 Å². The highest BCUT2D eigenvalue weighted by Crippen LogP contribution is 2.45. The summed E-state index contributed by atoms with van der Waals surface area (Å²) >= 11 is 1.58. The molecule has 2 atom stereocenters. The van der Waals surface area contributed by atoms with Crippen LogP contribution in [0.2, 0.25) is 0 Å². The first-order valence-corrected chi connectivity index (χ1v) is 11.2. The van der Waals surface area contributed by atoms with Gasteiger partial charge in [0, 0.05) is 44.1 Å². The van der Waals surface area contributed by atoms with E-state index < -0.39 is 0 Å². The molecule has 2 fully saturated rings. The zero-order valence-corrected chi connectivity index (χ0v) is 19.0. The molecule has 11 heteroatoms. The summed E-state index contributed by atoms with van der Waals surface area (Å²) in [6.45, 7) is 4.39. The summed E-state index contributed by atoms with van der Waals surface area (Å²) in [4.78, 5) is 28.1. The highest BCUT2D eigenvalue weighted by Gasteiger charge is 2.54. The number of hydrogen-bond donors (Lipinski definition) is 1. The Kier molecular flexibility index (Phi) is 6.47. The Labute approximate surface area is 190 Å². The summed E-state index contributed by atoms with van der Waals surface area (Å²) in [5, 5.41) is 16.1. The molecule has 0 bridgehead atoms. The highest BCUT2D eigenvalue weighted by atomic mass is 32.1. The van der Waals surface area contributed by atoms with Crippen molar-refractivity contribution < 1.29 is 24.2 Å². The summed E-state index contributed by atoms with van der Waals surface area (Å²) in [6.07, 6.45) is 0.390. The maximum atomic E-state index is 13.1. The van der Waals surface area contributed by atoms with Gasteiger partial charge in [0.1, 0.15) is 5.51 Å². The van der Waals surface area contributed by atoms with Gasteiger partial charge in [-0.05, 0) is 31.8 Å². The van der Waals surface area contributed by atoms with Gasteiger partial charge in [0.25, 0.3) is 6.47 Å². The fourth-order valence-corrected chi connectivity index (χ4v) is 5.58. The van der Waals surface area contributed by atoms with Crippen molar-refractivity contribution in [2.45, 2.75) is 6.42 Å². The Morgan fingerprint density at radius 1 is 1.31 bits per heavy atom. The molecule has 10 nitrogen and oxygen atoms in total. The van der Waals surface area contributed by atoms with E-state index in [1.165, 1.54) is 0 Å². The van der Waals surface area contributed by atoms with Gasteiger partial charge in [-0.3, -0.25) is 9.59 Å². The molecule has 2 saturated heterocycles. The Bertz CT molecular complexity index is 956. The third kappa shape index (κ3) is 4.49. The van der Waals surface area contributed by atoms with Crippen LogP contribution in [-0.2, 0) is 16.0 Å². The standard InChI is InChI=1S/C20H25N5O3S.CH2O2/c1-23(2)9-20-10-24(7-15(20)8-25(11-20)19-22-21-12-29-19)18(26)6-14-3-4-16-17(5-14)28-13-27-16;2-1-3/h3-5,12,15H,6-11,13H2,1-2H3;1H,(H,2,3)/t15-,20+;/m1./s1. The first kappa shape index (κ1) is 22.3. The lowest BCUT2D eigenvalue weighted by Crippen LogP contribution is -2.43. The first-order chi connectivity index (χ1) is 15.4. The average molecular weight is 462 g/mol. The molecular formula is C21H27N5O5S. The van der Waals surface area contributed by atoms with Crippen molar-refractivity contribution in [2.24, 2.45) is 11.3 Å². The molecule has 1 aromatic heterocycles. The number of aromatic nitrogens is 2. The zero-order chi connectivity index (χ0) is 22.7. The number of ether oxygens (including phenoxy) is 2. The van der Waals surface area contributed by atoms with Crippen LogP contribution in [0.1, 0.15) is 5.56 Å². The van der Waals surface area contributed by atoms with E-state index >= 15 is 0 Å². The van der Waals surface area contributed by atoms with Gasteiger partial charge in [-0.2, -0.15) is 0 Å². The van der Waals surface area contributed by atoms with E-state index in [4.69, 9.17) is 19.4 Å². The van der Waals surface area contributed by atoms with E-state index in [1.807, 2.05) is 18.2 Å². The largest absolute Gasteiger partial charge is 0.483 e. The molecule has 5 rings (SSSR count). The van der Waals surface area contributed by atoms with Crippen LogP contribution in [-0.4, -0.2) is 91.1 Å². The van der Waals surface area contributed by atoms with E-state index in [1.54, 1.807) is 16.8 Å². The van der Waals surface area contributed by atoms with Crippen molar-refractivity contribution in [3.63, 3.8) is 0 Å². The van der Waals surface area contributed by atoms with Gasteiger partial charge in [0.2, 0.25) is 17.8 Å². The number of amides is 1. The van der Waals surface area contributed by atoms with Crippen molar-refractivity contribution in [3.8, 4) is 11.5 Å². The Morgan fingerprint density at radius 2 is 2.09 bits per heavy atom. The minimum atomic E-state index is -0.250. The van der Waals surface area contributed by atoms with Crippen LogP contribution in [0.25, 0.3) is 0 Å². The smallest absolute Gasteiger partial charge is 0.290 e. The molecule has 0 aliphatic carbocycles. The fraction of sp³-hybridized carbons (Fsp3) is 0.524. The molecule has 0 spiro atoms. The third-order valence-electron chi connectivity index (χ3n) is 6.15. The number of hydrogen-bond acceptors (Lipinski definition) is 9. The molecule has 1 aromatic carbocycles. The molecule has 3 aliphatic heterocycles. The number of fused-ring (bicyclic) bond motifs is 2. The van der Waals surface area contributed by atoms with Crippen LogP contribution in [0.5, 0.6) is 11.5 Å². The average Bonchev–Trinajstić information content (AvgIpc) is 3.50. The monoisotopic (exact) mass is 461 g/mol. The van der Waals surface area contributed by atoms with Crippen LogP contribution in [0.3, 0.4) is 0 Å². The number of carbonyl (C=O) groups is 2. The number of likely N-dealkylation sites (tertiary alicyclic amines) is 1. The van der Waals surface area contributed by atoms with Crippen LogP contribution in [0.4, 0.5) is 5.13 Å². The highest BCUT2D eigenvalue weighted by molar-refractivity contribution is 7.13. The maximum absolute atomic E-state index is 13.1. The third-order valence-corrected chi connectivity index (χ3v) is 6.90. The molecule has 0 unspecified atom stereocenters. The summed E-state index contributed by atoms with van der Waals surface area (Å²) in [5.41, 5.74) is 2.82. The lowest BCUT2D eigenvalue weighted by Gasteiger charge is -2.32. The molecule has 1 N–H and O–H groups in total. The number of nitrogens with zero attached hydrogens (tertiary/aromatic N) is 5. The summed E-state index contributed by atoms with van der Waals surface area (Å²) in [5.74, 6) is 2.09. The van der Waals surface area contributed by atoms with Crippen LogP contribution >= 0.6 is 11.3 Å². The number of rotatable bonds is 5. The second-order valence-corrected chi connectivity index (χ2v) is 9.45. The zero-order valence-electron chi connectivity index (χ0n) is 18.1. The van der Waals surface area contributed by atoms with Gasteiger partial charge < -0.3 is 29.3 Å². The van der Waals surface area contributed by atoms with Gasteiger partial charge in [0.15, 0.2) is 11.5 Å². The molecular weight excluding hydrogens is 434 g/mol. The van der Waals surface area contributed by atoms with E-state index in [-0.39, 0.29) is 24.6 Å². The SMILES string of the molecule is CN(C)C[C@@]12CN(C(=O)Cc3ccc4c(c3)OCO4)C[C@@H]1CN(c1nncs1)C2.O=CO. The second-order valence-electron chi connectivity index (χ2n) is 8.64. The van der Waals surface area contributed by atoms with Gasteiger partial charge in [-0.1, -0.05) is 17.4 Å². The predicted octanol–water partition coefficient (Wildman–Crippen LogP) is 1.04. The molecule has 1 amide bonds. The Morgan fingerprint density at radius 3 is 2.81 bits per heavy atom. The van der Waals surface area contributed by atoms with Crippen molar-refractivity contribution in [1.82, 2.24) is 20.0 Å². The predicted molar refractivity (Wildman–Crippen MR) is 118 cm³/mol. The van der Waals surface area contributed by atoms with Crippen LogP contribution in [0, 0.1) is 11.3 Å². The molecule has 172 valence electrons. The summed E-state index contributed by atoms with van der Waals surface area (Å²) in [7, 11) is 4.22. The molecule has 4 heterocycles. The lowest BCUT2D eigenvalue weighted by molar-refractivity contribution is -0.130. The van der Waals surface area contributed by atoms with E-state index in [9.17, 15) is 4.79 Å². The topological polar surface area (TPSA) is 108 Å². The minimum Gasteiger partial charge on any atom is -0.483 e. The van der Waals surface area contributed by atoms with E-state index in [2.05, 4.69) is 39.0 Å². The van der Waals surface area contributed by atoms with Crippen molar-refractivity contribution >= 4 is 28.8 Å². The normalized spacial score (nSPS) is 23.2. The number of carbonyl (C=O) groups excluding carboxylic acids is 1. The second kappa shape index (κ2) is 9.29. The first-order valence-electron chi connectivity index (χ1n) is 10.3. The number of carboxylic acid groups (broad SMARTS) is 1. The van der Waals surface area contributed by atoms with Gasteiger partial charge in [-0.25, -0.2) is 0 Å². The number of anilines is 1. The molecule has 0 radical (unpaired) electrons. The maximum Gasteiger partial charge on any atom is 0.290 e. The minimum absolute atomic E-state index is 0.0692. The molecule has 3 aliphatic rings. The van der Waals surface area contributed by atoms with Crippen molar-refractivity contribution in [1.29, 1.82) is 0 Å². The Hall–Kier alpha value is -2.92. The van der Waals surface area contributed by atoms with Gasteiger partial charge in [-0.15, -0.1) is 10.2 Å². The van der Waals surface area contributed by atoms with Crippen molar-refractivity contribution in [2.75, 3.05) is 58.5 Å². The molecule has 0 saturated carbocycles. The van der Waals surface area contributed by atoms with Crippen LogP contribution in [0.15, 0.2) is 23.7 Å². The van der Waals surface area contributed by atoms with Crippen molar-refractivity contribution in [3.05, 3.63) is 29.3 Å². The summed E-state index contributed by atoms with van der Waals surface area (Å²) < 4.78 is 10.8. The number of benzene rings is 1. The molecule has 2 aromatic rings. The quantitative estimate of drug-likeness (QED) is 0.653. The van der Waals surface area contributed by atoms with E-state index in [0.717, 1.165) is 54.9 Å².